The van der Waals surface area contributed by atoms with Crippen LogP contribution in [0.4, 0.5) is 5.95 Å². The van der Waals surface area contributed by atoms with E-state index in [-0.39, 0.29) is 0 Å². The molecule has 0 radical (unpaired) electrons. The van der Waals surface area contributed by atoms with E-state index in [1.165, 1.54) is 0 Å². The number of nitrogens with zero attached hydrogens (tertiary/aromatic N) is 4. The third-order valence-corrected chi connectivity index (χ3v) is 4.24. The van der Waals surface area contributed by atoms with Gasteiger partial charge in [0.25, 0.3) is 0 Å². The molecule has 5 heteroatoms. The molecular formula is C14H21N5. The molecule has 2 aromatic rings. The van der Waals surface area contributed by atoms with Crippen LogP contribution in [-0.2, 0) is 0 Å². The van der Waals surface area contributed by atoms with Gasteiger partial charge in [0.05, 0.1) is 0 Å². The molecule has 5 nitrogen and oxygen atoms in total. The van der Waals surface area contributed by atoms with Crippen molar-refractivity contribution in [1.82, 2.24) is 19.4 Å². The van der Waals surface area contributed by atoms with Gasteiger partial charge >= 0.3 is 0 Å². The van der Waals surface area contributed by atoms with E-state index in [0.29, 0.717) is 18.0 Å². The Balaban J connectivity index is 2.03. The fourth-order valence-electron chi connectivity index (χ4n) is 2.96. The van der Waals surface area contributed by atoms with Crippen LogP contribution in [0.25, 0.3) is 11.2 Å². The molecule has 0 spiro atoms. The van der Waals surface area contributed by atoms with Crippen molar-refractivity contribution in [2.45, 2.75) is 38.8 Å². The average Bonchev–Trinajstić information content (AvgIpc) is 2.68. The van der Waals surface area contributed by atoms with Crippen molar-refractivity contribution >= 4 is 17.1 Å². The van der Waals surface area contributed by atoms with Gasteiger partial charge in [-0.1, -0.05) is 0 Å². The SMILES string of the molecule is Cc1cnc2c(c1)nc(N)n2C1CCN(C)C(C)C1. The zero-order valence-electron chi connectivity index (χ0n) is 11.8. The van der Waals surface area contributed by atoms with E-state index in [0.717, 1.165) is 36.1 Å². The van der Waals surface area contributed by atoms with Gasteiger partial charge in [-0.15, -0.1) is 0 Å². The normalized spacial score (nSPS) is 25.0. The van der Waals surface area contributed by atoms with Gasteiger partial charge in [0, 0.05) is 24.8 Å². The van der Waals surface area contributed by atoms with Crippen molar-refractivity contribution in [3.05, 3.63) is 17.8 Å². The van der Waals surface area contributed by atoms with Crippen molar-refractivity contribution < 1.29 is 0 Å². The first-order chi connectivity index (χ1) is 9.06. The minimum absolute atomic E-state index is 0.409. The molecule has 2 atom stereocenters. The Morgan fingerprint density at radius 3 is 2.95 bits per heavy atom. The summed E-state index contributed by atoms with van der Waals surface area (Å²) in [5.41, 5.74) is 9.06. The number of imidazole rings is 1. The third kappa shape index (κ3) is 2.08. The Kier molecular flexibility index (Phi) is 2.93. The van der Waals surface area contributed by atoms with Crippen LogP contribution in [0.3, 0.4) is 0 Å². The number of nitrogens with two attached hydrogens (primary N) is 1. The molecule has 2 aromatic heterocycles. The van der Waals surface area contributed by atoms with Gasteiger partial charge < -0.3 is 10.6 Å². The molecule has 0 saturated carbocycles. The summed E-state index contributed by atoms with van der Waals surface area (Å²) in [6.45, 7) is 5.38. The number of rotatable bonds is 1. The second-order valence-electron chi connectivity index (χ2n) is 5.70. The monoisotopic (exact) mass is 259 g/mol. The Hall–Kier alpha value is -1.62. The molecule has 3 heterocycles. The smallest absolute Gasteiger partial charge is 0.202 e. The second kappa shape index (κ2) is 4.49. The van der Waals surface area contributed by atoms with E-state index in [1.54, 1.807) is 0 Å². The Labute approximate surface area is 113 Å². The lowest BCUT2D eigenvalue weighted by atomic mass is 9.99. The van der Waals surface area contributed by atoms with E-state index < -0.39 is 0 Å². The lowest BCUT2D eigenvalue weighted by Crippen LogP contribution is -2.38. The molecule has 1 aliphatic heterocycles. The summed E-state index contributed by atoms with van der Waals surface area (Å²) in [6, 6.07) is 3.03. The predicted molar refractivity (Wildman–Crippen MR) is 77.0 cm³/mol. The molecule has 102 valence electrons. The zero-order valence-corrected chi connectivity index (χ0v) is 11.8. The molecule has 1 fully saturated rings. The fraction of sp³-hybridized carbons (Fsp3) is 0.571. The second-order valence-corrected chi connectivity index (χ2v) is 5.70. The van der Waals surface area contributed by atoms with Gasteiger partial charge in [-0.3, -0.25) is 4.57 Å². The van der Waals surface area contributed by atoms with Crippen LogP contribution in [0.5, 0.6) is 0 Å². The standard InChI is InChI=1S/C14H21N5/c1-9-6-12-13(16-8-9)19(14(15)17-12)11-4-5-18(3)10(2)7-11/h6,8,10-11H,4-5,7H2,1-3H3,(H2,15,17). The first-order valence-corrected chi connectivity index (χ1v) is 6.86. The van der Waals surface area contributed by atoms with Gasteiger partial charge in [0.15, 0.2) is 5.65 Å². The Morgan fingerprint density at radius 2 is 2.21 bits per heavy atom. The maximum Gasteiger partial charge on any atom is 0.202 e. The van der Waals surface area contributed by atoms with Crippen LogP contribution in [0.15, 0.2) is 12.3 Å². The molecule has 0 aromatic carbocycles. The number of fused-ring (bicyclic) bond motifs is 1. The van der Waals surface area contributed by atoms with Gasteiger partial charge in [-0.2, -0.15) is 0 Å². The van der Waals surface area contributed by atoms with E-state index >= 15 is 0 Å². The number of pyridine rings is 1. The molecule has 0 bridgehead atoms. The number of aromatic nitrogens is 3. The van der Waals surface area contributed by atoms with Gasteiger partial charge in [-0.05, 0) is 45.4 Å². The number of hydrogen-bond donors (Lipinski definition) is 1. The molecule has 2 N–H and O–H groups in total. The highest BCUT2D eigenvalue weighted by molar-refractivity contribution is 5.74. The van der Waals surface area contributed by atoms with Crippen molar-refractivity contribution in [3.63, 3.8) is 0 Å². The summed E-state index contributed by atoms with van der Waals surface area (Å²) in [4.78, 5) is 11.4. The Morgan fingerprint density at radius 1 is 1.42 bits per heavy atom. The highest BCUT2D eigenvalue weighted by Crippen LogP contribution is 2.31. The maximum absolute atomic E-state index is 6.11. The lowest BCUT2D eigenvalue weighted by molar-refractivity contribution is 0.159. The largest absolute Gasteiger partial charge is 0.369 e. The highest BCUT2D eigenvalue weighted by atomic mass is 15.2. The van der Waals surface area contributed by atoms with Gasteiger partial charge in [0.1, 0.15) is 5.52 Å². The number of piperidine rings is 1. The van der Waals surface area contributed by atoms with Crippen LogP contribution in [0.2, 0.25) is 0 Å². The first kappa shape index (κ1) is 12.4. The highest BCUT2D eigenvalue weighted by Gasteiger charge is 2.27. The molecule has 0 aliphatic carbocycles. The maximum atomic E-state index is 6.11. The molecule has 3 rings (SSSR count). The molecule has 0 amide bonds. The molecular weight excluding hydrogens is 238 g/mol. The van der Waals surface area contributed by atoms with Crippen LogP contribution < -0.4 is 5.73 Å². The van der Waals surface area contributed by atoms with E-state index in [4.69, 9.17) is 5.73 Å². The molecule has 2 unspecified atom stereocenters. The summed E-state index contributed by atoms with van der Waals surface area (Å²) in [5, 5.41) is 0. The van der Waals surface area contributed by atoms with Crippen LogP contribution in [0.1, 0.15) is 31.4 Å². The van der Waals surface area contributed by atoms with E-state index in [2.05, 4.69) is 33.4 Å². The lowest BCUT2D eigenvalue weighted by Gasteiger charge is -2.35. The quantitative estimate of drug-likeness (QED) is 0.850. The topological polar surface area (TPSA) is 60.0 Å². The number of nitrogen functional groups attached to an aromatic ring is 1. The van der Waals surface area contributed by atoms with Crippen LogP contribution in [0, 0.1) is 6.92 Å². The van der Waals surface area contributed by atoms with E-state index in [9.17, 15) is 0 Å². The summed E-state index contributed by atoms with van der Waals surface area (Å²) in [6.07, 6.45) is 4.09. The third-order valence-electron chi connectivity index (χ3n) is 4.24. The van der Waals surface area contributed by atoms with Gasteiger partial charge in [-0.25, -0.2) is 9.97 Å². The van der Waals surface area contributed by atoms with Crippen molar-refractivity contribution in [3.8, 4) is 0 Å². The fourth-order valence-corrected chi connectivity index (χ4v) is 2.96. The minimum atomic E-state index is 0.409. The number of anilines is 1. The summed E-state index contributed by atoms with van der Waals surface area (Å²) < 4.78 is 2.12. The number of hydrogen-bond acceptors (Lipinski definition) is 4. The van der Waals surface area contributed by atoms with Crippen molar-refractivity contribution in [2.75, 3.05) is 19.3 Å². The average molecular weight is 259 g/mol. The van der Waals surface area contributed by atoms with Crippen LogP contribution >= 0.6 is 0 Å². The summed E-state index contributed by atoms with van der Waals surface area (Å²) >= 11 is 0. The summed E-state index contributed by atoms with van der Waals surface area (Å²) in [7, 11) is 2.18. The predicted octanol–water partition coefficient (Wildman–Crippen LogP) is 1.98. The van der Waals surface area contributed by atoms with E-state index in [1.807, 2.05) is 19.2 Å². The summed E-state index contributed by atoms with van der Waals surface area (Å²) in [5.74, 6) is 0.592. The number of aryl methyl sites for hydroxylation is 1. The Bertz CT molecular complexity index is 603. The molecule has 1 saturated heterocycles. The zero-order chi connectivity index (χ0) is 13.6. The first-order valence-electron chi connectivity index (χ1n) is 6.86. The van der Waals surface area contributed by atoms with Crippen LogP contribution in [-0.4, -0.2) is 39.1 Å². The minimum Gasteiger partial charge on any atom is -0.369 e. The van der Waals surface area contributed by atoms with Crippen molar-refractivity contribution in [2.24, 2.45) is 0 Å². The molecule has 1 aliphatic rings. The number of likely N-dealkylation sites (tertiary alicyclic amines) is 1. The van der Waals surface area contributed by atoms with Gasteiger partial charge in [0.2, 0.25) is 5.95 Å². The van der Waals surface area contributed by atoms with Crippen molar-refractivity contribution in [1.29, 1.82) is 0 Å². The molecule has 19 heavy (non-hydrogen) atoms.